The number of epoxide rings is 1. The summed E-state index contributed by atoms with van der Waals surface area (Å²) in [5.41, 5.74) is 6.27. The molecule has 1 unspecified atom stereocenters. The van der Waals surface area contributed by atoms with Crippen LogP contribution < -0.4 is 10.2 Å². The van der Waals surface area contributed by atoms with E-state index in [1.807, 2.05) is 25.2 Å². The first-order valence-corrected chi connectivity index (χ1v) is 14.1. The van der Waals surface area contributed by atoms with E-state index in [2.05, 4.69) is 83.4 Å². The second kappa shape index (κ2) is 7.30. The van der Waals surface area contributed by atoms with Crippen molar-refractivity contribution in [2.24, 2.45) is 0 Å². The van der Waals surface area contributed by atoms with Crippen molar-refractivity contribution in [2.75, 3.05) is 30.4 Å². The van der Waals surface area contributed by atoms with Crippen LogP contribution in [-0.2, 0) is 20.4 Å². The van der Waals surface area contributed by atoms with E-state index in [1.165, 1.54) is 28.1 Å². The highest BCUT2D eigenvalue weighted by Gasteiger charge is 2.77. The zero-order valence-corrected chi connectivity index (χ0v) is 22.6. The first-order chi connectivity index (χ1) is 18.4. The van der Waals surface area contributed by atoms with Crippen molar-refractivity contribution >= 4 is 17.3 Å². The summed E-state index contributed by atoms with van der Waals surface area (Å²) in [7, 11) is 2.25. The smallest absolute Gasteiger partial charge is 0.247 e. The number of likely N-dealkylation sites (tertiary alicyclic amines) is 1. The van der Waals surface area contributed by atoms with Gasteiger partial charge in [0, 0.05) is 43.0 Å². The van der Waals surface area contributed by atoms with E-state index in [4.69, 9.17) is 4.74 Å². The van der Waals surface area contributed by atoms with E-state index in [-0.39, 0.29) is 46.8 Å². The number of carbonyl (C=O) groups is 1. The van der Waals surface area contributed by atoms with Crippen LogP contribution in [0.25, 0.3) is 0 Å². The van der Waals surface area contributed by atoms with Crippen LogP contribution in [-0.4, -0.2) is 59.9 Å². The molecule has 2 aromatic rings. The molecule has 1 amide bonds. The second-order valence-corrected chi connectivity index (χ2v) is 12.5. The minimum atomic E-state index is -0.217. The fourth-order valence-electron chi connectivity index (χ4n) is 9.30. The Morgan fingerprint density at radius 2 is 1.84 bits per heavy atom. The van der Waals surface area contributed by atoms with Gasteiger partial charge in [0.1, 0.15) is 12.3 Å². The monoisotopic (exact) mass is 508 g/mol. The van der Waals surface area contributed by atoms with Crippen molar-refractivity contribution in [3.05, 3.63) is 83.5 Å². The van der Waals surface area contributed by atoms with Gasteiger partial charge in [-0.25, -0.2) is 0 Å². The molecule has 6 heterocycles. The summed E-state index contributed by atoms with van der Waals surface area (Å²) < 4.78 is 6.43. The van der Waals surface area contributed by atoms with Gasteiger partial charge in [-0.3, -0.25) is 9.69 Å². The van der Waals surface area contributed by atoms with Crippen LogP contribution >= 0.6 is 0 Å². The number of hydrogen-bond acceptors (Lipinski definition) is 5. The summed E-state index contributed by atoms with van der Waals surface area (Å²) in [6.45, 7) is 8.10. The number of nitrogens with zero attached hydrogens (tertiary/aromatic N) is 3. The lowest BCUT2D eigenvalue weighted by Gasteiger charge is -2.62. The Bertz CT molecular complexity index is 1430. The van der Waals surface area contributed by atoms with Crippen molar-refractivity contribution in [1.29, 1.82) is 0 Å². The Hall–Kier alpha value is -3.09. The molecule has 1 N–H and O–H groups in total. The molecule has 2 aromatic carbocycles. The Labute approximate surface area is 224 Å². The molecule has 0 saturated carbocycles. The van der Waals surface area contributed by atoms with Crippen molar-refractivity contribution in [3.63, 3.8) is 0 Å². The molecule has 3 fully saturated rings. The highest BCUT2D eigenvalue weighted by molar-refractivity contribution is 5.89. The van der Waals surface area contributed by atoms with Gasteiger partial charge in [-0.1, -0.05) is 48.6 Å². The molecule has 6 aliphatic heterocycles. The maximum Gasteiger partial charge on any atom is 0.247 e. The summed E-state index contributed by atoms with van der Waals surface area (Å²) in [5.74, 6) is 0.104. The first kappa shape index (κ1) is 22.9. The molecule has 2 bridgehead atoms. The van der Waals surface area contributed by atoms with Crippen LogP contribution in [0.2, 0.25) is 0 Å². The van der Waals surface area contributed by atoms with Gasteiger partial charge in [0.05, 0.1) is 23.2 Å². The molecule has 8 rings (SSSR count). The van der Waals surface area contributed by atoms with Gasteiger partial charge < -0.3 is 19.9 Å². The maximum absolute atomic E-state index is 13.9. The number of fused-ring (bicyclic) bond motifs is 1. The molecule has 0 aromatic heterocycles. The third-order valence-corrected chi connectivity index (χ3v) is 10.7. The van der Waals surface area contributed by atoms with Crippen LogP contribution in [0.3, 0.4) is 0 Å². The predicted octanol–water partition coefficient (Wildman–Crippen LogP) is 4.69. The SMILES string of the molecule is C/C=C/C=C/C(=O)N1CC[C@]23c4ccccc4N[C@H]4N(C)c5cccc6c5[C@]42CCN([C@H]6[C@H]2OC2(C)C)[C@H]13. The van der Waals surface area contributed by atoms with Crippen LogP contribution in [0, 0.1) is 0 Å². The molecular weight excluding hydrogens is 472 g/mol. The predicted molar refractivity (Wildman–Crippen MR) is 149 cm³/mol. The number of rotatable bonds is 3. The zero-order chi connectivity index (χ0) is 26.0. The number of piperidine rings is 1. The standard InChI is InChI=1S/C32H36N4O2/c1-5-6-7-15-24(37)35-18-16-31-21-12-8-9-13-22(21)33-28-32(31)17-19-36(29(31)35)26(27-30(2,3)38-27)20-11-10-14-23(25(20)32)34(28)4/h5-15,26-29,33H,16-19H2,1-4H3/b6-5+,15-7+/t26-,27-,28+,29+,31-,32-/m1/s1. The van der Waals surface area contributed by atoms with E-state index in [9.17, 15) is 4.79 Å². The minimum Gasteiger partial charge on any atom is -0.365 e. The fraction of sp³-hybridized carbons (Fsp3) is 0.469. The lowest BCUT2D eigenvalue weighted by Crippen LogP contribution is -2.73. The number of allylic oxidation sites excluding steroid dienone is 3. The Morgan fingerprint density at radius 3 is 2.63 bits per heavy atom. The summed E-state index contributed by atoms with van der Waals surface area (Å²) in [6.07, 6.45) is 9.76. The van der Waals surface area contributed by atoms with Crippen molar-refractivity contribution in [2.45, 2.75) is 74.5 Å². The number of benzene rings is 2. The van der Waals surface area contributed by atoms with Gasteiger partial charge in [-0.05, 0) is 62.4 Å². The van der Waals surface area contributed by atoms with Crippen LogP contribution in [0.5, 0.6) is 0 Å². The third-order valence-electron chi connectivity index (χ3n) is 10.7. The topological polar surface area (TPSA) is 51.4 Å². The van der Waals surface area contributed by atoms with E-state index >= 15 is 0 Å². The number of likely N-dealkylation sites (N-methyl/N-ethyl adjacent to an activating group) is 1. The van der Waals surface area contributed by atoms with E-state index < -0.39 is 0 Å². The molecule has 2 spiro atoms. The summed E-state index contributed by atoms with van der Waals surface area (Å²) in [5, 5.41) is 4.01. The van der Waals surface area contributed by atoms with Crippen LogP contribution in [0.15, 0.2) is 66.8 Å². The van der Waals surface area contributed by atoms with Gasteiger partial charge in [0.25, 0.3) is 0 Å². The average molecular weight is 509 g/mol. The normalized spacial score (nSPS) is 38.7. The molecule has 6 nitrogen and oxygen atoms in total. The molecule has 38 heavy (non-hydrogen) atoms. The number of hydrogen-bond donors (Lipinski definition) is 1. The van der Waals surface area contributed by atoms with Gasteiger partial charge in [-0.15, -0.1) is 0 Å². The zero-order valence-electron chi connectivity index (χ0n) is 22.6. The molecular formula is C32H36N4O2. The van der Waals surface area contributed by atoms with Crippen molar-refractivity contribution in [3.8, 4) is 0 Å². The summed E-state index contributed by atoms with van der Waals surface area (Å²) in [6, 6.07) is 15.9. The molecule has 0 aliphatic carbocycles. The molecule has 3 saturated heterocycles. The second-order valence-electron chi connectivity index (χ2n) is 12.5. The lowest BCUT2D eigenvalue weighted by molar-refractivity contribution is -0.137. The third kappa shape index (κ3) is 2.45. The molecule has 196 valence electrons. The summed E-state index contributed by atoms with van der Waals surface area (Å²) in [4.78, 5) is 21.3. The Kier molecular flexibility index (Phi) is 4.39. The number of anilines is 2. The van der Waals surface area contributed by atoms with Gasteiger partial charge >= 0.3 is 0 Å². The average Bonchev–Trinajstić information content (AvgIpc) is 3.31. The van der Waals surface area contributed by atoms with E-state index in [0.717, 1.165) is 25.9 Å². The van der Waals surface area contributed by atoms with Gasteiger partial charge in [0.2, 0.25) is 5.91 Å². The molecule has 7 atom stereocenters. The van der Waals surface area contributed by atoms with Crippen molar-refractivity contribution < 1.29 is 9.53 Å². The minimum absolute atomic E-state index is 0.0403. The molecule has 0 radical (unpaired) electrons. The number of ether oxygens (including phenoxy) is 1. The first-order valence-electron chi connectivity index (χ1n) is 14.1. The van der Waals surface area contributed by atoms with Crippen LogP contribution in [0.1, 0.15) is 56.3 Å². The molecule has 6 aliphatic rings. The highest BCUT2D eigenvalue weighted by atomic mass is 16.6. The van der Waals surface area contributed by atoms with Gasteiger partial charge in [-0.2, -0.15) is 0 Å². The number of carbonyl (C=O) groups excluding carboxylic acids is 1. The number of para-hydroxylation sites is 1. The van der Waals surface area contributed by atoms with E-state index in [1.54, 1.807) is 6.08 Å². The number of amides is 1. The molecule has 6 heteroatoms. The lowest BCUT2D eigenvalue weighted by atomic mass is 9.50. The fourth-order valence-corrected chi connectivity index (χ4v) is 9.30. The Morgan fingerprint density at radius 1 is 1.05 bits per heavy atom. The number of nitrogens with one attached hydrogen (secondary N) is 1. The highest BCUT2D eigenvalue weighted by Crippen LogP contribution is 2.72. The maximum atomic E-state index is 13.9. The van der Waals surface area contributed by atoms with Crippen LogP contribution in [0.4, 0.5) is 11.4 Å². The largest absolute Gasteiger partial charge is 0.365 e. The quantitative estimate of drug-likeness (QED) is 0.370. The van der Waals surface area contributed by atoms with Gasteiger partial charge in [0.15, 0.2) is 0 Å². The van der Waals surface area contributed by atoms with E-state index in [0.29, 0.717) is 0 Å². The van der Waals surface area contributed by atoms with Crippen molar-refractivity contribution in [1.82, 2.24) is 9.80 Å². The Balaban J connectivity index is 1.44. The summed E-state index contributed by atoms with van der Waals surface area (Å²) >= 11 is 0.